The van der Waals surface area contributed by atoms with Gasteiger partial charge in [-0.2, -0.15) is 0 Å². The molecule has 366 valence electrons. The van der Waals surface area contributed by atoms with Crippen molar-refractivity contribution in [3.8, 4) is 0 Å². The number of piperidine rings is 3. The van der Waals surface area contributed by atoms with Gasteiger partial charge in [0.25, 0.3) is 6.47 Å². The molecule has 3 saturated heterocycles. The van der Waals surface area contributed by atoms with Gasteiger partial charge < -0.3 is 70.3 Å². The van der Waals surface area contributed by atoms with Gasteiger partial charge in [0, 0.05) is 46.2 Å². The number of nitrogens with two attached hydrogens (primary N) is 1. The molecule has 3 N–H and O–H groups in total. The van der Waals surface area contributed by atoms with Crippen molar-refractivity contribution in [1.29, 1.82) is 0 Å². The Morgan fingerprint density at radius 3 is 1.29 bits per heavy atom. The number of carbonyl (C=O) groups is 3. The minimum atomic E-state index is -0.387. The zero-order chi connectivity index (χ0) is 46.2. The molecule has 63 heavy (non-hydrogen) atoms. The number of hydrogen-bond donors (Lipinski definition) is 2. The number of esters is 2. The van der Waals surface area contributed by atoms with E-state index in [1.165, 1.54) is 0 Å². The van der Waals surface area contributed by atoms with Crippen LogP contribution in [0, 0.1) is 11.8 Å². The molecule has 3 aliphatic rings. The van der Waals surface area contributed by atoms with E-state index in [4.69, 9.17) is 53.7 Å². The molecule has 3 rings (SSSR count). The van der Waals surface area contributed by atoms with Gasteiger partial charge >= 0.3 is 115 Å². The molecule has 0 saturated carbocycles. The van der Waals surface area contributed by atoms with E-state index in [9.17, 15) is 9.59 Å². The number of alkyl halides is 1. The van der Waals surface area contributed by atoms with Gasteiger partial charge in [-0.15, -0.1) is 0 Å². The van der Waals surface area contributed by atoms with E-state index in [-0.39, 0.29) is 134 Å². The minimum Gasteiger partial charge on any atom is -1.00 e. The molecule has 0 aromatic heterocycles. The summed E-state index contributed by atoms with van der Waals surface area (Å²) in [5.74, 6) is 2.66. The minimum absolute atomic E-state index is 0. The van der Waals surface area contributed by atoms with Crippen molar-refractivity contribution in [2.75, 3.05) is 138 Å². The maximum Gasteiger partial charge on any atom is 1.00 e. The van der Waals surface area contributed by atoms with Crippen LogP contribution in [0.4, 0.5) is 0 Å². The molecule has 0 radical (unpaired) electrons. The number of likely N-dealkylation sites (tertiary alicyclic amines) is 2. The average molecular weight is 1030 g/mol. The van der Waals surface area contributed by atoms with Crippen molar-refractivity contribution < 1.29 is 167 Å². The molecule has 17 nitrogen and oxygen atoms in total. The van der Waals surface area contributed by atoms with Gasteiger partial charge in [-0.3, -0.25) is 14.4 Å². The van der Waals surface area contributed by atoms with E-state index >= 15 is 0 Å². The first kappa shape index (κ1) is 71.3. The molecule has 0 atom stereocenters. The molecule has 20 heteroatoms. The molecule has 3 heterocycles. The molecular formula is C43H87BrK2N4O13. The number of nitrogens with zero attached hydrogens (tertiary/aromatic N) is 2. The summed E-state index contributed by atoms with van der Waals surface area (Å²) in [4.78, 5) is 39.4. The van der Waals surface area contributed by atoms with Crippen LogP contribution < -0.4 is 119 Å². The molecule has 3 fully saturated rings. The normalized spacial score (nSPS) is 16.3. The van der Waals surface area contributed by atoms with Crippen molar-refractivity contribution in [1.82, 2.24) is 15.1 Å². The molecule has 0 aromatic carbocycles. The Bertz CT molecular complexity index is 1020. The van der Waals surface area contributed by atoms with E-state index in [0.29, 0.717) is 83.6 Å². The first-order valence-corrected chi connectivity index (χ1v) is 23.4. The van der Waals surface area contributed by atoms with Crippen LogP contribution in [-0.2, 0) is 57.2 Å². The molecule has 0 amide bonds. The second-order valence-electron chi connectivity index (χ2n) is 16.9. The molecule has 0 aliphatic carbocycles. The number of rotatable bonds is 23. The average Bonchev–Trinajstić information content (AvgIpc) is 3.21. The summed E-state index contributed by atoms with van der Waals surface area (Å²) in [7, 11) is 3.33. The van der Waals surface area contributed by atoms with Gasteiger partial charge in [0.15, 0.2) is 0 Å². The third-order valence-corrected chi connectivity index (χ3v) is 9.30. The van der Waals surface area contributed by atoms with Crippen LogP contribution in [0.1, 0.15) is 94.3 Å². The van der Waals surface area contributed by atoms with Crippen LogP contribution >= 0.6 is 15.9 Å². The van der Waals surface area contributed by atoms with E-state index in [0.717, 1.165) is 104 Å². The van der Waals surface area contributed by atoms with Crippen molar-refractivity contribution in [2.45, 2.75) is 110 Å². The number of carbonyl (C=O) groups excluding carboxylic acids is 3. The van der Waals surface area contributed by atoms with Crippen LogP contribution in [0.5, 0.6) is 0 Å². The zero-order valence-electron chi connectivity index (χ0n) is 42.4. The monoisotopic (exact) mass is 1020 g/mol. The van der Waals surface area contributed by atoms with Crippen molar-refractivity contribution in [2.24, 2.45) is 17.6 Å². The SMILES string of the molecule is CBr.CC(C)(C)OC(=O)CC1CCNCC1.COCCOCCOCCN1CCC(CC(=O)OC(C)(C)C)CC1.COCCOCCOCCN1CCC(N)CC1.O=CO[O-].[H-].[K+].[K+]. The smallest absolute Gasteiger partial charge is 1.00 e. The fourth-order valence-corrected chi connectivity index (χ4v) is 6.23. The Morgan fingerprint density at radius 1 is 0.635 bits per heavy atom. The van der Waals surface area contributed by atoms with Gasteiger partial charge in [-0.25, -0.2) is 0 Å². The summed E-state index contributed by atoms with van der Waals surface area (Å²) in [6.45, 7) is 26.2. The zero-order valence-corrected chi connectivity index (χ0v) is 49.2. The van der Waals surface area contributed by atoms with Gasteiger partial charge in [0.2, 0.25) is 0 Å². The Kier molecular flexibility index (Phi) is 55.1. The maximum atomic E-state index is 11.9. The molecule has 0 spiro atoms. The molecule has 0 bridgehead atoms. The van der Waals surface area contributed by atoms with Crippen LogP contribution in [0.2, 0.25) is 0 Å². The molecule has 0 aromatic rings. The van der Waals surface area contributed by atoms with E-state index < -0.39 is 0 Å². The van der Waals surface area contributed by atoms with E-state index in [1.54, 1.807) is 14.2 Å². The van der Waals surface area contributed by atoms with Crippen molar-refractivity contribution in [3.05, 3.63) is 0 Å². The van der Waals surface area contributed by atoms with E-state index in [1.807, 2.05) is 47.4 Å². The Hall–Kier alpha value is 1.72. The summed E-state index contributed by atoms with van der Waals surface area (Å²) in [5, 5.41) is 11.7. The quantitative estimate of drug-likeness (QED) is 0.0207. The van der Waals surface area contributed by atoms with Gasteiger partial charge in [-0.05, 0) is 137 Å². The second kappa shape index (κ2) is 48.7. The van der Waals surface area contributed by atoms with Crippen LogP contribution in [0.15, 0.2) is 0 Å². The van der Waals surface area contributed by atoms with Gasteiger partial charge in [0.05, 0.1) is 66.1 Å². The Morgan fingerprint density at radius 2 is 0.952 bits per heavy atom. The number of methoxy groups -OCH3 is 2. The third-order valence-electron chi connectivity index (χ3n) is 9.30. The first-order valence-electron chi connectivity index (χ1n) is 21.9. The maximum absolute atomic E-state index is 11.9. The largest absolute Gasteiger partial charge is 1.00 e. The van der Waals surface area contributed by atoms with Crippen molar-refractivity contribution >= 4 is 34.3 Å². The summed E-state index contributed by atoms with van der Waals surface area (Å²) < 4.78 is 42.2. The fourth-order valence-electron chi connectivity index (χ4n) is 6.23. The molecular weight excluding hydrogens is 939 g/mol. The third kappa shape index (κ3) is 51.4. The van der Waals surface area contributed by atoms with Crippen LogP contribution in [0.25, 0.3) is 0 Å². The molecule has 3 aliphatic heterocycles. The fraction of sp³-hybridized carbons (Fsp3) is 0.930. The summed E-state index contributed by atoms with van der Waals surface area (Å²) >= 11 is 2.94. The predicted octanol–water partition coefficient (Wildman–Crippen LogP) is -2.52. The topological polar surface area (TPSA) is 202 Å². The summed E-state index contributed by atoms with van der Waals surface area (Å²) in [5.41, 5.74) is 5.12. The van der Waals surface area contributed by atoms with Gasteiger partial charge in [-0.1, -0.05) is 15.9 Å². The van der Waals surface area contributed by atoms with Crippen molar-refractivity contribution in [3.63, 3.8) is 0 Å². The Labute approximate surface area is 476 Å². The van der Waals surface area contributed by atoms with Crippen LogP contribution in [-0.4, -0.2) is 184 Å². The van der Waals surface area contributed by atoms with E-state index in [2.05, 4.69) is 35.9 Å². The number of nitrogens with one attached hydrogen (secondary N) is 1. The molecule has 0 unspecified atom stereocenters. The van der Waals surface area contributed by atoms with Crippen LogP contribution in [0.3, 0.4) is 0 Å². The number of halogens is 1. The Balaban J connectivity index is -0.000000257. The first-order chi connectivity index (χ1) is 29.1. The number of ether oxygens (including phenoxy) is 8. The predicted molar refractivity (Wildman–Crippen MR) is 239 cm³/mol. The van der Waals surface area contributed by atoms with Gasteiger partial charge in [0.1, 0.15) is 11.2 Å². The summed E-state index contributed by atoms with van der Waals surface area (Å²) in [6, 6.07) is 0.404. The summed E-state index contributed by atoms with van der Waals surface area (Å²) in [6.07, 6.45) is 7.65. The standard InChI is InChI=1S/C18H35NO5.C12H26N2O3.C11H21NO2.CH3Br.CH2O3.2K.H/c1-18(2,3)24-17(20)15-16-5-7-19(8-6-16)9-10-22-13-14-23-12-11-21-4;1-15-8-9-17-11-10-16-7-6-14-4-2-12(13)3-5-14;1-11(2,3)14-10(13)8-9-4-6-12-7-5-9;1-2;2-1-4-3;;;/h16H,5-15H2,1-4H3;12H,2-11,13H2,1H3;9,12H,4-8H2,1-3H3;1H3;1,3H;;;/q;;;;;2*+1;-1/p-1. The number of hydrogen-bond acceptors (Lipinski definition) is 17. The second-order valence-corrected chi connectivity index (χ2v) is 16.9.